The third kappa shape index (κ3) is 3.95. The van der Waals surface area contributed by atoms with E-state index in [4.69, 9.17) is 5.26 Å². The molecule has 0 spiro atoms. The van der Waals surface area contributed by atoms with Crippen molar-refractivity contribution < 1.29 is 5.11 Å². The Morgan fingerprint density at radius 1 is 1.50 bits per heavy atom. The van der Waals surface area contributed by atoms with Gasteiger partial charge in [-0.05, 0) is 25.8 Å². The van der Waals surface area contributed by atoms with Crippen LogP contribution in [0.3, 0.4) is 0 Å². The maximum Gasteiger partial charge on any atom is 0.175 e. The van der Waals surface area contributed by atoms with Crippen LogP contribution >= 0.6 is 0 Å². The largest absolute Gasteiger partial charge is 0.389 e. The van der Waals surface area contributed by atoms with Gasteiger partial charge in [0, 0.05) is 12.6 Å². The van der Waals surface area contributed by atoms with E-state index in [1.54, 1.807) is 30.8 Å². The Kier molecular flexibility index (Phi) is 4.67. The highest BCUT2D eigenvalue weighted by Gasteiger charge is 2.21. The van der Waals surface area contributed by atoms with Crippen molar-refractivity contribution in [3.05, 3.63) is 23.7 Å². The average molecular weight is 301 g/mol. The van der Waals surface area contributed by atoms with Gasteiger partial charge in [-0.15, -0.1) is 0 Å². The van der Waals surface area contributed by atoms with Crippen LogP contribution in [0.2, 0.25) is 0 Å². The number of rotatable bonds is 6. The number of hydrogen-bond acceptors (Lipinski definition) is 4. The molecule has 0 saturated carbocycles. The van der Waals surface area contributed by atoms with E-state index in [9.17, 15) is 5.11 Å². The van der Waals surface area contributed by atoms with E-state index in [1.807, 2.05) is 0 Å². The molecule has 1 atom stereocenters. The highest BCUT2D eigenvalue weighted by Crippen LogP contribution is 2.20. The zero-order valence-corrected chi connectivity index (χ0v) is 13.6. The van der Waals surface area contributed by atoms with Gasteiger partial charge < -0.3 is 10.1 Å². The standard InChI is InChI=1S/C16H23N5O/c1-5-11(2)6-14-19-15(13-7-12(8-17)9-18-13)21(20-14)10-16(3,4)22/h7,9,11,18,22H,5-6,10H2,1-4H3/t11-/m0/s1. The van der Waals surface area contributed by atoms with Gasteiger partial charge in [0.05, 0.1) is 23.4 Å². The van der Waals surface area contributed by atoms with Gasteiger partial charge in [0.25, 0.3) is 0 Å². The second-order valence-corrected chi connectivity index (χ2v) is 6.45. The minimum absolute atomic E-state index is 0.344. The summed E-state index contributed by atoms with van der Waals surface area (Å²) < 4.78 is 1.71. The Labute approximate surface area is 130 Å². The highest BCUT2D eigenvalue weighted by molar-refractivity contribution is 5.53. The smallest absolute Gasteiger partial charge is 0.175 e. The fourth-order valence-corrected chi connectivity index (χ4v) is 2.20. The fraction of sp³-hybridized carbons (Fsp3) is 0.562. The molecule has 0 radical (unpaired) electrons. The zero-order valence-electron chi connectivity index (χ0n) is 13.6. The number of aromatic amines is 1. The van der Waals surface area contributed by atoms with E-state index in [0.717, 1.165) is 24.4 Å². The maximum absolute atomic E-state index is 10.1. The van der Waals surface area contributed by atoms with E-state index in [2.05, 4.69) is 35.0 Å². The van der Waals surface area contributed by atoms with E-state index < -0.39 is 5.60 Å². The molecule has 0 fully saturated rings. The van der Waals surface area contributed by atoms with Crippen molar-refractivity contribution in [3.63, 3.8) is 0 Å². The van der Waals surface area contributed by atoms with E-state index >= 15 is 0 Å². The molecule has 6 heteroatoms. The first-order chi connectivity index (χ1) is 10.3. The molecule has 118 valence electrons. The van der Waals surface area contributed by atoms with E-state index in [1.165, 1.54) is 0 Å². The van der Waals surface area contributed by atoms with Crippen molar-refractivity contribution in [1.82, 2.24) is 19.7 Å². The van der Waals surface area contributed by atoms with Gasteiger partial charge >= 0.3 is 0 Å². The van der Waals surface area contributed by atoms with Gasteiger partial charge in [0.15, 0.2) is 11.6 Å². The summed E-state index contributed by atoms with van der Waals surface area (Å²) in [7, 11) is 0. The van der Waals surface area contributed by atoms with Gasteiger partial charge in [0.1, 0.15) is 6.07 Å². The number of nitrogens with zero attached hydrogens (tertiary/aromatic N) is 4. The molecule has 0 saturated heterocycles. The highest BCUT2D eigenvalue weighted by atomic mass is 16.3. The lowest BCUT2D eigenvalue weighted by molar-refractivity contribution is 0.0580. The number of nitriles is 1. The van der Waals surface area contributed by atoms with Crippen LogP contribution in [-0.2, 0) is 13.0 Å². The molecule has 0 amide bonds. The summed E-state index contributed by atoms with van der Waals surface area (Å²) in [6.45, 7) is 8.13. The lowest BCUT2D eigenvalue weighted by atomic mass is 10.1. The summed E-state index contributed by atoms with van der Waals surface area (Å²) in [5.74, 6) is 1.92. The summed E-state index contributed by atoms with van der Waals surface area (Å²) in [6.07, 6.45) is 3.51. The first-order valence-electron chi connectivity index (χ1n) is 7.57. The lowest BCUT2D eigenvalue weighted by Crippen LogP contribution is -2.27. The first kappa shape index (κ1) is 16.2. The molecule has 6 nitrogen and oxygen atoms in total. The van der Waals surface area contributed by atoms with E-state index in [-0.39, 0.29) is 0 Å². The Balaban J connectivity index is 2.38. The molecule has 0 aliphatic rings. The van der Waals surface area contributed by atoms with Crippen LogP contribution in [0.5, 0.6) is 0 Å². The van der Waals surface area contributed by atoms with Crippen molar-refractivity contribution in [1.29, 1.82) is 5.26 Å². The van der Waals surface area contributed by atoms with Gasteiger partial charge in [-0.3, -0.25) is 0 Å². The van der Waals surface area contributed by atoms with Gasteiger partial charge in [-0.1, -0.05) is 20.3 Å². The lowest BCUT2D eigenvalue weighted by Gasteiger charge is -2.17. The van der Waals surface area contributed by atoms with Crippen LogP contribution in [0.25, 0.3) is 11.5 Å². The molecule has 0 unspecified atom stereocenters. The van der Waals surface area contributed by atoms with Crippen molar-refractivity contribution >= 4 is 0 Å². The normalized spacial score (nSPS) is 13.1. The van der Waals surface area contributed by atoms with Crippen LogP contribution in [0.15, 0.2) is 12.3 Å². The summed E-state index contributed by atoms with van der Waals surface area (Å²) >= 11 is 0. The predicted molar refractivity (Wildman–Crippen MR) is 84.0 cm³/mol. The van der Waals surface area contributed by atoms with E-state index in [0.29, 0.717) is 23.9 Å². The van der Waals surface area contributed by atoms with Crippen LogP contribution in [0.1, 0.15) is 45.5 Å². The summed E-state index contributed by atoms with van der Waals surface area (Å²) in [4.78, 5) is 7.65. The minimum Gasteiger partial charge on any atom is -0.389 e. The van der Waals surface area contributed by atoms with Crippen LogP contribution < -0.4 is 0 Å². The molecule has 2 aromatic heterocycles. The molecule has 2 heterocycles. The summed E-state index contributed by atoms with van der Waals surface area (Å²) in [5.41, 5.74) is 0.404. The first-order valence-corrected chi connectivity index (χ1v) is 7.57. The predicted octanol–water partition coefficient (Wildman–Crippen LogP) is 2.50. The van der Waals surface area contributed by atoms with Crippen LogP contribution in [0.4, 0.5) is 0 Å². The maximum atomic E-state index is 10.1. The van der Waals surface area contributed by atoms with Crippen molar-refractivity contribution in [2.24, 2.45) is 5.92 Å². The quantitative estimate of drug-likeness (QED) is 0.857. The second kappa shape index (κ2) is 6.32. The fourth-order valence-electron chi connectivity index (χ4n) is 2.20. The van der Waals surface area contributed by atoms with Crippen LogP contribution in [-0.4, -0.2) is 30.5 Å². The number of aromatic nitrogens is 4. The molecule has 2 aromatic rings. The molecular formula is C16H23N5O. The Hall–Kier alpha value is -2.13. The molecule has 22 heavy (non-hydrogen) atoms. The average Bonchev–Trinajstić information content (AvgIpc) is 3.03. The monoisotopic (exact) mass is 301 g/mol. The zero-order chi connectivity index (χ0) is 16.3. The molecule has 0 aliphatic carbocycles. The minimum atomic E-state index is -0.888. The summed E-state index contributed by atoms with van der Waals surface area (Å²) in [6, 6.07) is 3.84. The molecule has 2 N–H and O–H groups in total. The molecule has 0 aromatic carbocycles. The molecule has 0 aliphatic heterocycles. The van der Waals surface area contributed by atoms with Gasteiger partial charge in [-0.2, -0.15) is 10.4 Å². The van der Waals surface area contributed by atoms with Gasteiger partial charge in [-0.25, -0.2) is 9.67 Å². The van der Waals surface area contributed by atoms with Crippen molar-refractivity contribution in [2.75, 3.05) is 0 Å². The molecule has 2 rings (SSSR count). The third-order valence-corrected chi connectivity index (χ3v) is 3.53. The number of nitrogens with one attached hydrogen (secondary N) is 1. The number of hydrogen-bond donors (Lipinski definition) is 2. The van der Waals surface area contributed by atoms with Crippen LogP contribution in [0, 0.1) is 17.2 Å². The third-order valence-electron chi connectivity index (χ3n) is 3.53. The van der Waals surface area contributed by atoms with Crippen molar-refractivity contribution in [3.8, 4) is 17.6 Å². The molecule has 0 bridgehead atoms. The Morgan fingerprint density at radius 3 is 2.77 bits per heavy atom. The molecular weight excluding hydrogens is 278 g/mol. The SMILES string of the molecule is CC[C@H](C)Cc1nc(-c2cc(C#N)c[nH]2)n(CC(C)(C)O)n1. The Morgan fingerprint density at radius 2 is 2.23 bits per heavy atom. The summed E-state index contributed by atoms with van der Waals surface area (Å²) in [5, 5.41) is 23.6. The Bertz CT molecular complexity index is 672. The second-order valence-electron chi connectivity index (χ2n) is 6.45. The topological polar surface area (TPSA) is 90.5 Å². The number of H-pyrrole nitrogens is 1. The number of aliphatic hydroxyl groups is 1. The van der Waals surface area contributed by atoms with Gasteiger partial charge in [0.2, 0.25) is 0 Å². The van der Waals surface area contributed by atoms with Crippen molar-refractivity contribution in [2.45, 2.75) is 52.7 Å².